The van der Waals surface area contributed by atoms with Gasteiger partial charge in [-0.05, 0) is 18.2 Å². The van der Waals surface area contributed by atoms with E-state index in [0.29, 0.717) is 19.1 Å². The number of ether oxygens (including phenoxy) is 1. The predicted molar refractivity (Wildman–Crippen MR) is 94.3 cm³/mol. The molecular weight excluding hydrogens is 322 g/mol. The first-order valence-corrected chi connectivity index (χ1v) is 7.82. The molecule has 0 radical (unpaired) electrons. The Balaban J connectivity index is 0.00000242. The number of amides is 1. The van der Waals surface area contributed by atoms with Gasteiger partial charge in [-0.3, -0.25) is 4.79 Å². The summed E-state index contributed by atoms with van der Waals surface area (Å²) in [5.74, 6) is 0.365. The number of benzene rings is 1. The van der Waals surface area contributed by atoms with E-state index in [1.165, 1.54) is 0 Å². The van der Waals surface area contributed by atoms with Gasteiger partial charge in [0.25, 0.3) is 0 Å². The van der Waals surface area contributed by atoms with E-state index in [2.05, 4.69) is 29.5 Å². The van der Waals surface area contributed by atoms with Crippen LogP contribution in [-0.4, -0.2) is 37.7 Å². The molecule has 0 spiro atoms. The topological polar surface area (TPSA) is 63.2 Å². The van der Waals surface area contributed by atoms with Crippen molar-refractivity contribution in [3.63, 3.8) is 0 Å². The lowest BCUT2D eigenvalue weighted by molar-refractivity contribution is -0.115. The van der Waals surface area contributed by atoms with Gasteiger partial charge in [-0.1, -0.05) is 13.8 Å². The number of nitrogens with zero attached hydrogens (tertiary/aromatic N) is 1. The molecule has 0 unspecified atom stereocenters. The summed E-state index contributed by atoms with van der Waals surface area (Å²) in [7, 11) is 1.64. The van der Waals surface area contributed by atoms with Crippen LogP contribution >= 0.6 is 23.7 Å². The second-order valence-electron chi connectivity index (χ2n) is 5.11. The minimum absolute atomic E-state index is 0. The van der Waals surface area contributed by atoms with E-state index in [1.54, 1.807) is 18.4 Å². The third-order valence-corrected chi connectivity index (χ3v) is 4.27. The van der Waals surface area contributed by atoms with E-state index in [4.69, 9.17) is 4.74 Å². The lowest BCUT2D eigenvalue weighted by Gasteiger charge is -2.06. The van der Waals surface area contributed by atoms with E-state index >= 15 is 0 Å². The van der Waals surface area contributed by atoms with Crippen molar-refractivity contribution >= 4 is 45.6 Å². The van der Waals surface area contributed by atoms with Crippen LogP contribution in [0.25, 0.3) is 10.2 Å². The number of rotatable bonds is 7. The monoisotopic (exact) mass is 343 g/mol. The Morgan fingerprint density at radius 3 is 2.86 bits per heavy atom. The van der Waals surface area contributed by atoms with E-state index in [-0.39, 0.29) is 24.9 Å². The maximum Gasteiger partial charge on any atom is 0.238 e. The van der Waals surface area contributed by atoms with Crippen LogP contribution in [0.2, 0.25) is 0 Å². The summed E-state index contributed by atoms with van der Waals surface area (Å²) >= 11 is 1.68. The first-order valence-electron chi connectivity index (χ1n) is 7.00. The number of halogens is 1. The largest absolute Gasteiger partial charge is 0.383 e. The summed E-state index contributed by atoms with van der Waals surface area (Å²) in [5, 5.41) is 7.02. The smallest absolute Gasteiger partial charge is 0.238 e. The van der Waals surface area contributed by atoms with Gasteiger partial charge >= 0.3 is 0 Å². The van der Waals surface area contributed by atoms with Crippen LogP contribution in [0, 0.1) is 0 Å². The van der Waals surface area contributed by atoms with Crippen molar-refractivity contribution in [2.24, 2.45) is 0 Å². The Morgan fingerprint density at radius 2 is 2.18 bits per heavy atom. The summed E-state index contributed by atoms with van der Waals surface area (Å²) in [5.41, 5.74) is 1.79. The van der Waals surface area contributed by atoms with Crippen molar-refractivity contribution in [1.29, 1.82) is 0 Å². The Bertz CT molecular complexity index is 616. The Labute approximate surface area is 140 Å². The van der Waals surface area contributed by atoms with Crippen LogP contribution in [-0.2, 0) is 9.53 Å². The number of thiazole rings is 1. The second-order valence-corrected chi connectivity index (χ2v) is 6.17. The average molecular weight is 344 g/mol. The lowest BCUT2D eigenvalue weighted by atomic mass is 10.2. The van der Waals surface area contributed by atoms with Crippen LogP contribution in [0.3, 0.4) is 0 Å². The number of anilines is 1. The van der Waals surface area contributed by atoms with E-state index in [1.807, 2.05) is 18.2 Å². The van der Waals surface area contributed by atoms with Crippen LogP contribution in [0.15, 0.2) is 18.2 Å². The molecule has 0 aliphatic carbocycles. The fraction of sp³-hybridized carbons (Fsp3) is 0.467. The number of fused-ring (bicyclic) bond motifs is 1. The van der Waals surface area contributed by atoms with Gasteiger partial charge in [0.2, 0.25) is 5.91 Å². The molecule has 2 aromatic rings. The minimum Gasteiger partial charge on any atom is -0.383 e. The fourth-order valence-electron chi connectivity index (χ4n) is 1.85. The van der Waals surface area contributed by atoms with Gasteiger partial charge in [-0.25, -0.2) is 4.98 Å². The van der Waals surface area contributed by atoms with Gasteiger partial charge in [0.05, 0.1) is 28.4 Å². The molecule has 5 nitrogen and oxygen atoms in total. The van der Waals surface area contributed by atoms with Crippen molar-refractivity contribution in [3.05, 3.63) is 23.2 Å². The van der Waals surface area contributed by atoms with Crippen molar-refractivity contribution < 1.29 is 9.53 Å². The maximum atomic E-state index is 11.8. The minimum atomic E-state index is -0.0564. The number of carbonyl (C=O) groups is 1. The predicted octanol–water partition coefficient (Wildman–Crippen LogP) is 3.02. The van der Waals surface area contributed by atoms with Crippen molar-refractivity contribution in [2.75, 3.05) is 32.1 Å². The van der Waals surface area contributed by atoms with Crippen LogP contribution in [0.4, 0.5) is 5.69 Å². The highest BCUT2D eigenvalue weighted by molar-refractivity contribution is 7.18. The summed E-state index contributed by atoms with van der Waals surface area (Å²) < 4.78 is 6.01. The van der Waals surface area contributed by atoms with E-state index in [9.17, 15) is 4.79 Å². The van der Waals surface area contributed by atoms with Crippen LogP contribution in [0.1, 0.15) is 24.8 Å². The van der Waals surface area contributed by atoms with Gasteiger partial charge in [-0.2, -0.15) is 0 Å². The summed E-state index contributed by atoms with van der Waals surface area (Å²) in [4.78, 5) is 16.4. The van der Waals surface area contributed by atoms with E-state index in [0.717, 1.165) is 20.9 Å². The highest BCUT2D eigenvalue weighted by atomic mass is 35.5. The molecule has 0 aliphatic rings. The van der Waals surface area contributed by atoms with Gasteiger partial charge in [0.15, 0.2) is 0 Å². The summed E-state index contributed by atoms with van der Waals surface area (Å²) in [6.07, 6.45) is 0. The van der Waals surface area contributed by atoms with Gasteiger partial charge in [0.1, 0.15) is 0 Å². The molecule has 1 aromatic carbocycles. The van der Waals surface area contributed by atoms with Gasteiger partial charge < -0.3 is 15.4 Å². The number of hydrogen-bond donors (Lipinski definition) is 2. The third-order valence-electron chi connectivity index (χ3n) is 2.95. The summed E-state index contributed by atoms with van der Waals surface area (Å²) in [6, 6.07) is 5.82. The molecule has 1 heterocycles. The molecule has 22 heavy (non-hydrogen) atoms. The molecule has 122 valence electrons. The maximum absolute atomic E-state index is 11.8. The molecule has 1 aromatic heterocycles. The standard InChI is InChI=1S/C15H21N3O2S.ClH/c1-10(2)15-18-12-5-4-11(8-13(12)21-15)17-14(19)9-16-6-7-20-3;/h4-5,8,10,16H,6-7,9H2,1-3H3,(H,17,19);1H. The van der Waals surface area contributed by atoms with Crippen molar-refractivity contribution in [3.8, 4) is 0 Å². The number of hydrogen-bond acceptors (Lipinski definition) is 5. The van der Waals surface area contributed by atoms with Crippen LogP contribution in [0.5, 0.6) is 0 Å². The Hall–Kier alpha value is -1.21. The first-order chi connectivity index (χ1) is 10.1. The molecule has 7 heteroatoms. The number of aromatic nitrogens is 1. The first kappa shape index (κ1) is 18.8. The van der Waals surface area contributed by atoms with Gasteiger partial charge in [-0.15, -0.1) is 23.7 Å². The molecular formula is C15H22ClN3O2S. The molecule has 0 aliphatic heterocycles. The normalized spacial score (nSPS) is 10.7. The fourth-order valence-corrected chi connectivity index (χ4v) is 2.86. The molecule has 0 atom stereocenters. The molecule has 0 saturated carbocycles. The third kappa shape index (κ3) is 5.21. The Kier molecular flexibility index (Phi) is 7.75. The number of carbonyl (C=O) groups excluding carboxylic acids is 1. The van der Waals surface area contributed by atoms with Gasteiger partial charge in [0, 0.05) is 25.3 Å². The summed E-state index contributed by atoms with van der Waals surface area (Å²) in [6.45, 7) is 5.80. The molecule has 0 saturated heterocycles. The number of methoxy groups -OCH3 is 1. The van der Waals surface area contributed by atoms with E-state index < -0.39 is 0 Å². The SMILES string of the molecule is COCCNCC(=O)Nc1ccc2nc(C(C)C)sc2c1.Cl. The highest BCUT2D eigenvalue weighted by Gasteiger charge is 2.09. The second kappa shape index (κ2) is 9.05. The zero-order chi connectivity index (χ0) is 15.2. The van der Waals surface area contributed by atoms with Crippen LogP contribution < -0.4 is 10.6 Å². The molecule has 2 rings (SSSR count). The Morgan fingerprint density at radius 1 is 1.41 bits per heavy atom. The average Bonchev–Trinajstić information content (AvgIpc) is 2.87. The van der Waals surface area contributed by atoms with Crippen molar-refractivity contribution in [1.82, 2.24) is 10.3 Å². The molecule has 0 fully saturated rings. The molecule has 0 bridgehead atoms. The van der Waals surface area contributed by atoms with Crippen molar-refractivity contribution in [2.45, 2.75) is 19.8 Å². The zero-order valence-electron chi connectivity index (χ0n) is 13.0. The highest BCUT2D eigenvalue weighted by Crippen LogP contribution is 2.29. The number of nitrogens with one attached hydrogen (secondary N) is 2. The molecule has 1 amide bonds. The zero-order valence-corrected chi connectivity index (χ0v) is 14.6. The molecule has 2 N–H and O–H groups in total. The lowest BCUT2D eigenvalue weighted by Crippen LogP contribution is -2.30. The quantitative estimate of drug-likeness (QED) is 0.758.